The van der Waals surface area contributed by atoms with Gasteiger partial charge >= 0.3 is 5.69 Å². The fourth-order valence-corrected chi connectivity index (χ4v) is 1.77. The highest BCUT2D eigenvalue weighted by Gasteiger charge is 2.15. The van der Waals surface area contributed by atoms with Gasteiger partial charge in [-0.3, -0.25) is 4.57 Å². The van der Waals surface area contributed by atoms with Crippen LogP contribution in [0.2, 0.25) is 0 Å². The number of aromatic nitrogens is 2. The number of aromatic amines is 1. The molecule has 1 aromatic heterocycles. The topological polar surface area (TPSA) is 58.0 Å². The summed E-state index contributed by atoms with van der Waals surface area (Å²) in [7, 11) is 0. The van der Waals surface area contributed by atoms with Crippen molar-refractivity contribution in [2.45, 2.75) is 27.3 Å². The fourth-order valence-electron chi connectivity index (χ4n) is 1.77. The fraction of sp³-hybridized carbons (Fsp3) is 0.417. The Bertz CT molecular complexity index is 573. The van der Waals surface area contributed by atoms with E-state index in [0.29, 0.717) is 6.54 Å². The lowest BCUT2D eigenvalue weighted by Crippen LogP contribution is -2.24. The largest absolute Gasteiger partial charge is 0.508 e. The SMILES string of the molecule is CC(C)(C)Cn1c(=O)[nH]c2ccc(O)cc21. The second-order valence-electron chi connectivity index (χ2n) is 5.28. The Kier molecular flexibility index (Phi) is 2.30. The van der Waals surface area contributed by atoms with Crippen LogP contribution in [0.1, 0.15) is 20.8 Å². The van der Waals surface area contributed by atoms with E-state index in [1.807, 2.05) is 0 Å². The molecule has 0 atom stereocenters. The van der Waals surface area contributed by atoms with Crippen molar-refractivity contribution in [3.8, 4) is 5.75 Å². The third-order valence-electron chi connectivity index (χ3n) is 2.39. The van der Waals surface area contributed by atoms with Gasteiger partial charge in [0, 0.05) is 12.6 Å². The normalized spacial score (nSPS) is 12.2. The van der Waals surface area contributed by atoms with Gasteiger partial charge in [0.25, 0.3) is 0 Å². The quantitative estimate of drug-likeness (QED) is 0.773. The molecule has 0 aliphatic heterocycles. The molecule has 4 heteroatoms. The summed E-state index contributed by atoms with van der Waals surface area (Å²) < 4.78 is 1.66. The van der Waals surface area contributed by atoms with E-state index >= 15 is 0 Å². The summed E-state index contributed by atoms with van der Waals surface area (Å²) in [6, 6.07) is 4.89. The molecule has 2 rings (SSSR count). The van der Waals surface area contributed by atoms with Crippen LogP contribution in [0.15, 0.2) is 23.0 Å². The average Bonchev–Trinajstić information content (AvgIpc) is 2.42. The van der Waals surface area contributed by atoms with E-state index in [1.165, 1.54) is 0 Å². The molecule has 0 unspecified atom stereocenters. The lowest BCUT2D eigenvalue weighted by molar-refractivity contribution is 0.344. The molecule has 0 aliphatic rings. The first kappa shape index (κ1) is 10.8. The summed E-state index contributed by atoms with van der Waals surface area (Å²) in [5, 5.41) is 9.43. The highest BCUT2D eigenvalue weighted by atomic mass is 16.3. The second-order valence-corrected chi connectivity index (χ2v) is 5.28. The zero-order valence-electron chi connectivity index (χ0n) is 9.74. The first-order chi connectivity index (χ1) is 7.37. The number of nitrogens with zero attached hydrogens (tertiary/aromatic N) is 1. The van der Waals surface area contributed by atoms with Crippen LogP contribution in [0, 0.1) is 5.41 Å². The van der Waals surface area contributed by atoms with Gasteiger partial charge in [-0.05, 0) is 17.5 Å². The Morgan fingerprint density at radius 3 is 2.69 bits per heavy atom. The van der Waals surface area contributed by atoms with Crippen LogP contribution in [0.4, 0.5) is 0 Å². The molecule has 2 aromatic rings. The standard InChI is InChI=1S/C12H16N2O2/c1-12(2,3)7-14-10-6-8(15)4-5-9(10)13-11(14)16/h4-6,15H,7H2,1-3H3,(H,13,16). The minimum absolute atomic E-state index is 0.0183. The van der Waals surface area contributed by atoms with Crippen LogP contribution in [-0.4, -0.2) is 14.7 Å². The Balaban J connectivity index is 2.63. The molecule has 86 valence electrons. The number of phenols is 1. The molecule has 0 amide bonds. The van der Waals surface area contributed by atoms with Gasteiger partial charge in [-0.15, -0.1) is 0 Å². The first-order valence-electron chi connectivity index (χ1n) is 5.28. The van der Waals surface area contributed by atoms with Gasteiger partial charge in [0.05, 0.1) is 11.0 Å². The molecule has 0 spiro atoms. The number of fused-ring (bicyclic) bond motifs is 1. The summed E-state index contributed by atoms with van der Waals surface area (Å²) in [6.45, 7) is 6.83. The van der Waals surface area contributed by atoms with E-state index < -0.39 is 0 Å². The monoisotopic (exact) mass is 220 g/mol. The molecule has 0 bridgehead atoms. The third-order valence-corrected chi connectivity index (χ3v) is 2.39. The Morgan fingerprint density at radius 1 is 1.38 bits per heavy atom. The summed E-state index contributed by atoms with van der Waals surface area (Å²) in [6.07, 6.45) is 0. The van der Waals surface area contributed by atoms with Crippen LogP contribution in [0.3, 0.4) is 0 Å². The molecule has 4 nitrogen and oxygen atoms in total. The van der Waals surface area contributed by atoms with Crippen molar-refractivity contribution in [3.05, 3.63) is 28.7 Å². The van der Waals surface area contributed by atoms with E-state index in [9.17, 15) is 9.90 Å². The van der Waals surface area contributed by atoms with Gasteiger partial charge in [-0.1, -0.05) is 20.8 Å². The predicted molar refractivity (Wildman–Crippen MR) is 63.7 cm³/mol. The number of imidazole rings is 1. The van der Waals surface area contributed by atoms with Crippen LogP contribution in [0.5, 0.6) is 5.75 Å². The van der Waals surface area contributed by atoms with Crippen molar-refractivity contribution in [1.82, 2.24) is 9.55 Å². The highest BCUT2D eigenvalue weighted by molar-refractivity contribution is 5.76. The minimum atomic E-state index is -0.129. The van der Waals surface area contributed by atoms with Gasteiger partial charge in [0.1, 0.15) is 5.75 Å². The number of H-pyrrole nitrogens is 1. The van der Waals surface area contributed by atoms with Crippen molar-refractivity contribution in [1.29, 1.82) is 0 Å². The van der Waals surface area contributed by atoms with Crippen LogP contribution in [-0.2, 0) is 6.54 Å². The molecule has 0 saturated carbocycles. The van der Waals surface area contributed by atoms with Crippen molar-refractivity contribution >= 4 is 11.0 Å². The van der Waals surface area contributed by atoms with Crippen LogP contribution >= 0.6 is 0 Å². The van der Waals surface area contributed by atoms with E-state index in [1.54, 1.807) is 22.8 Å². The van der Waals surface area contributed by atoms with Crippen LogP contribution < -0.4 is 5.69 Å². The average molecular weight is 220 g/mol. The zero-order chi connectivity index (χ0) is 11.9. The van der Waals surface area contributed by atoms with Gasteiger partial charge < -0.3 is 10.1 Å². The Labute approximate surface area is 93.5 Å². The number of nitrogens with one attached hydrogen (secondary N) is 1. The van der Waals surface area contributed by atoms with E-state index in [4.69, 9.17) is 0 Å². The number of benzene rings is 1. The zero-order valence-corrected chi connectivity index (χ0v) is 9.74. The van der Waals surface area contributed by atoms with E-state index in [-0.39, 0.29) is 16.9 Å². The smallest absolute Gasteiger partial charge is 0.326 e. The number of hydrogen-bond donors (Lipinski definition) is 2. The molecule has 2 N–H and O–H groups in total. The molecule has 0 aliphatic carbocycles. The van der Waals surface area contributed by atoms with Gasteiger partial charge in [0.2, 0.25) is 0 Å². The highest BCUT2D eigenvalue weighted by Crippen LogP contribution is 2.21. The lowest BCUT2D eigenvalue weighted by Gasteiger charge is -2.18. The maximum Gasteiger partial charge on any atom is 0.326 e. The molecular weight excluding hydrogens is 204 g/mol. The number of hydrogen-bond acceptors (Lipinski definition) is 2. The molecule has 0 fully saturated rings. The van der Waals surface area contributed by atoms with Gasteiger partial charge in [0.15, 0.2) is 0 Å². The van der Waals surface area contributed by atoms with Crippen molar-refractivity contribution in [3.63, 3.8) is 0 Å². The number of aromatic hydroxyl groups is 1. The molecular formula is C12H16N2O2. The predicted octanol–water partition coefficient (Wildman–Crippen LogP) is 2.08. The molecule has 0 radical (unpaired) electrons. The summed E-state index contributed by atoms with van der Waals surface area (Å²) >= 11 is 0. The number of rotatable bonds is 1. The van der Waals surface area contributed by atoms with Crippen LogP contribution in [0.25, 0.3) is 11.0 Å². The summed E-state index contributed by atoms with van der Waals surface area (Å²) in [4.78, 5) is 14.5. The van der Waals surface area contributed by atoms with E-state index in [2.05, 4.69) is 25.8 Å². The van der Waals surface area contributed by atoms with E-state index in [0.717, 1.165) is 11.0 Å². The maximum absolute atomic E-state index is 11.8. The Morgan fingerprint density at radius 2 is 2.06 bits per heavy atom. The summed E-state index contributed by atoms with van der Waals surface area (Å²) in [5.41, 5.74) is 1.40. The van der Waals surface area contributed by atoms with Crippen molar-refractivity contribution < 1.29 is 5.11 Å². The first-order valence-corrected chi connectivity index (χ1v) is 5.28. The molecule has 1 heterocycles. The number of phenolic OH excluding ortho intramolecular Hbond substituents is 1. The van der Waals surface area contributed by atoms with Gasteiger partial charge in [-0.25, -0.2) is 4.79 Å². The summed E-state index contributed by atoms with van der Waals surface area (Å²) in [5.74, 6) is 0.175. The van der Waals surface area contributed by atoms with Crippen molar-refractivity contribution in [2.75, 3.05) is 0 Å². The molecule has 1 aromatic carbocycles. The minimum Gasteiger partial charge on any atom is -0.508 e. The second kappa shape index (κ2) is 3.40. The maximum atomic E-state index is 11.8. The molecule has 0 saturated heterocycles. The molecule has 16 heavy (non-hydrogen) atoms. The third kappa shape index (κ3) is 1.96. The lowest BCUT2D eigenvalue weighted by atomic mass is 9.97. The van der Waals surface area contributed by atoms with Crippen molar-refractivity contribution in [2.24, 2.45) is 5.41 Å². The van der Waals surface area contributed by atoms with Gasteiger partial charge in [-0.2, -0.15) is 0 Å². The Hall–Kier alpha value is -1.71.